The van der Waals surface area contributed by atoms with Crippen molar-refractivity contribution in [3.8, 4) is 0 Å². The third-order valence-electron chi connectivity index (χ3n) is 2.66. The lowest BCUT2D eigenvalue weighted by Gasteiger charge is -2.27. The molecule has 0 saturated heterocycles. The van der Waals surface area contributed by atoms with Gasteiger partial charge in [-0.1, -0.05) is 19.8 Å². The lowest BCUT2D eigenvalue weighted by molar-refractivity contribution is -0.0260. The zero-order valence-electron chi connectivity index (χ0n) is 6.51. The third kappa shape index (κ3) is 1.32. The Kier molecular flexibility index (Phi) is 2.32. The molecule has 0 aromatic heterocycles. The topological polar surface area (TPSA) is 40.5 Å². The van der Waals surface area contributed by atoms with E-state index in [0.717, 1.165) is 25.7 Å². The summed E-state index contributed by atoms with van der Waals surface area (Å²) in [6, 6.07) is 0. The summed E-state index contributed by atoms with van der Waals surface area (Å²) in [5.41, 5.74) is -0.547. The van der Waals surface area contributed by atoms with Crippen LogP contribution in [-0.4, -0.2) is 22.4 Å². The van der Waals surface area contributed by atoms with Gasteiger partial charge in [-0.25, -0.2) is 0 Å². The maximum absolute atomic E-state index is 9.80. The zero-order valence-corrected chi connectivity index (χ0v) is 6.51. The predicted octanol–water partition coefficient (Wildman–Crippen LogP) is 0.920. The smallest absolute Gasteiger partial charge is 0.0695 e. The van der Waals surface area contributed by atoms with Gasteiger partial charge < -0.3 is 10.2 Å². The van der Waals surface area contributed by atoms with Crippen LogP contribution in [0.2, 0.25) is 0 Å². The molecule has 1 atom stereocenters. The molecule has 0 radical (unpaired) electrons. The first-order chi connectivity index (χ1) is 4.69. The number of aliphatic hydroxyl groups excluding tert-OH is 1. The Morgan fingerprint density at radius 1 is 1.40 bits per heavy atom. The highest BCUT2D eigenvalue weighted by molar-refractivity contribution is 4.88. The maximum atomic E-state index is 9.80. The zero-order chi connectivity index (χ0) is 7.61. The van der Waals surface area contributed by atoms with E-state index in [1.54, 1.807) is 0 Å². The highest BCUT2D eigenvalue weighted by Gasteiger charge is 2.35. The Hall–Kier alpha value is -0.0800. The molecule has 1 aliphatic carbocycles. The lowest BCUT2D eigenvalue weighted by Crippen LogP contribution is -2.34. The highest BCUT2D eigenvalue weighted by Crippen LogP contribution is 2.35. The fourth-order valence-electron chi connectivity index (χ4n) is 1.65. The van der Waals surface area contributed by atoms with Gasteiger partial charge in [0.2, 0.25) is 0 Å². The number of aliphatic hydroxyl groups is 2. The average Bonchev–Trinajstić information content (AvgIpc) is 2.36. The number of rotatable bonds is 2. The van der Waals surface area contributed by atoms with Crippen LogP contribution in [0.3, 0.4) is 0 Å². The van der Waals surface area contributed by atoms with Gasteiger partial charge in [0.1, 0.15) is 0 Å². The fraction of sp³-hybridized carbons (Fsp3) is 1.00. The van der Waals surface area contributed by atoms with Gasteiger partial charge in [-0.15, -0.1) is 0 Å². The summed E-state index contributed by atoms with van der Waals surface area (Å²) in [6.45, 7) is 2.02. The van der Waals surface area contributed by atoms with E-state index >= 15 is 0 Å². The van der Waals surface area contributed by atoms with E-state index in [9.17, 15) is 5.11 Å². The van der Waals surface area contributed by atoms with Gasteiger partial charge in [0.15, 0.2) is 0 Å². The molecule has 1 unspecified atom stereocenters. The monoisotopic (exact) mass is 144 g/mol. The van der Waals surface area contributed by atoms with Gasteiger partial charge >= 0.3 is 0 Å². The molecule has 0 aliphatic heterocycles. The Bertz CT molecular complexity index is 106. The van der Waals surface area contributed by atoms with Crippen molar-refractivity contribution in [2.75, 3.05) is 6.61 Å². The molecule has 1 aliphatic rings. The molecule has 0 heterocycles. The van der Waals surface area contributed by atoms with Crippen molar-refractivity contribution >= 4 is 0 Å². The van der Waals surface area contributed by atoms with Crippen LogP contribution in [0, 0.1) is 5.92 Å². The second-order valence-electron chi connectivity index (χ2n) is 3.39. The van der Waals surface area contributed by atoms with Gasteiger partial charge in [0.05, 0.1) is 5.60 Å². The molecule has 2 nitrogen and oxygen atoms in total. The molecule has 2 N–H and O–H groups in total. The first-order valence-corrected chi connectivity index (χ1v) is 4.02. The molecular weight excluding hydrogens is 128 g/mol. The van der Waals surface area contributed by atoms with Gasteiger partial charge in [0.25, 0.3) is 0 Å². The van der Waals surface area contributed by atoms with Crippen molar-refractivity contribution in [2.45, 2.75) is 38.2 Å². The predicted molar refractivity (Wildman–Crippen MR) is 39.7 cm³/mol. The molecule has 0 bridgehead atoms. The van der Waals surface area contributed by atoms with Crippen LogP contribution in [0.5, 0.6) is 0 Å². The van der Waals surface area contributed by atoms with Crippen molar-refractivity contribution in [1.82, 2.24) is 0 Å². The van der Waals surface area contributed by atoms with Crippen molar-refractivity contribution < 1.29 is 10.2 Å². The molecule has 1 saturated carbocycles. The van der Waals surface area contributed by atoms with E-state index in [4.69, 9.17) is 5.11 Å². The summed E-state index contributed by atoms with van der Waals surface area (Å²) in [5, 5.41) is 18.6. The Balaban J connectivity index is 2.49. The van der Waals surface area contributed by atoms with Crippen molar-refractivity contribution in [1.29, 1.82) is 0 Å². The summed E-state index contributed by atoms with van der Waals surface area (Å²) in [7, 11) is 0. The molecule has 1 rings (SSSR count). The summed E-state index contributed by atoms with van der Waals surface area (Å²) < 4.78 is 0. The standard InChI is InChI=1S/C8H16O2/c1-7(6-9)8(10)4-2-3-5-8/h7,9-10H,2-6H2,1H3. The van der Waals surface area contributed by atoms with Gasteiger partial charge in [-0.05, 0) is 12.8 Å². The Labute approximate surface area is 61.9 Å². The molecule has 60 valence electrons. The molecule has 2 heteroatoms. The van der Waals surface area contributed by atoms with Gasteiger partial charge in [-0.2, -0.15) is 0 Å². The normalized spacial score (nSPS) is 26.7. The number of hydrogen-bond donors (Lipinski definition) is 2. The van der Waals surface area contributed by atoms with Crippen molar-refractivity contribution in [3.63, 3.8) is 0 Å². The Morgan fingerprint density at radius 2 is 1.90 bits per heavy atom. The molecular formula is C8H16O2. The van der Waals surface area contributed by atoms with Gasteiger partial charge in [-0.3, -0.25) is 0 Å². The van der Waals surface area contributed by atoms with E-state index in [1.807, 2.05) is 6.92 Å². The second-order valence-corrected chi connectivity index (χ2v) is 3.39. The van der Waals surface area contributed by atoms with Crippen molar-refractivity contribution in [3.05, 3.63) is 0 Å². The molecule has 10 heavy (non-hydrogen) atoms. The second kappa shape index (κ2) is 2.89. The minimum Gasteiger partial charge on any atom is -0.396 e. The minimum atomic E-state index is -0.547. The third-order valence-corrected chi connectivity index (χ3v) is 2.66. The first kappa shape index (κ1) is 8.02. The number of hydrogen-bond acceptors (Lipinski definition) is 2. The van der Waals surface area contributed by atoms with Crippen LogP contribution in [-0.2, 0) is 0 Å². The van der Waals surface area contributed by atoms with Crippen molar-refractivity contribution in [2.24, 2.45) is 5.92 Å². The minimum absolute atomic E-state index is 0.0509. The van der Waals surface area contributed by atoms with Crippen LogP contribution < -0.4 is 0 Å². The van der Waals surface area contributed by atoms with E-state index in [1.165, 1.54) is 0 Å². The molecule has 0 aromatic rings. The summed E-state index contributed by atoms with van der Waals surface area (Å²) in [6.07, 6.45) is 3.96. The molecule has 0 spiro atoms. The lowest BCUT2D eigenvalue weighted by atomic mass is 9.88. The largest absolute Gasteiger partial charge is 0.396 e. The van der Waals surface area contributed by atoms with E-state index < -0.39 is 5.60 Å². The van der Waals surface area contributed by atoms with Gasteiger partial charge in [0, 0.05) is 12.5 Å². The quantitative estimate of drug-likeness (QED) is 0.605. The average molecular weight is 144 g/mol. The molecule has 0 amide bonds. The summed E-state index contributed by atoms with van der Waals surface area (Å²) in [4.78, 5) is 0. The van der Waals surface area contributed by atoms with E-state index in [2.05, 4.69) is 0 Å². The summed E-state index contributed by atoms with van der Waals surface area (Å²) >= 11 is 0. The van der Waals surface area contributed by atoms with Crippen LogP contribution >= 0.6 is 0 Å². The SMILES string of the molecule is CC(CO)C1(O)CCCC1. The fourth-order valence-corrected chi connectivity index (χ4v) is 1.65. The first-order valence-electron chi connectivity index (χ1n) is 4.02. The Morgan fingerprint density at radius 3 is 2.30 bits per heavy atom. The maximum Gasteiger partial charge on any atom is 0.0695 e. The van der Waals surface area contributed by atoms with Crippen LogP contribution in [0.25, 0.3) is 0 Å². The highest BCUT2D eigenvalue weighted by atomic mass is 16.3. The van der Waals surface area contributed by atoms with Crippen LogP contribution in [0.4, 0.5) is 0 Å². The van der Waals surface area contributed by atoms with E-state index in [0.29, 0.717) is 0 Å². The molecule has 0 aromatic carbocycles. The van der Waals surface area contributed by atoms with E-state index in [-0.39, 0.29) is 12.5 Å². The molecule has 1 fully saturated rings. The van der Waals surface area contributed by atoms with Crippen LogP contribution in [0.15, 0.2) is 0 Å². The summed E-state index contributed by atoms with van der Waals surface area (Å²) in [5.74, 6) is 0.0509. The van der Waals surface area contributed by atoms with Crippen LogP contribution in [0.1, 0.15) is 32.6 Å².